The summed E-state index contributed by atoms with van der Waals surface area (Å²) >= 11 is 1.54. The van der Waals surface area contributed by atoms with Gasteiger partial charge < -0.3 is 10.2 Å². The molecule has 1 aromatic carbocycles. The Labute approximate surface area is 136 Å². The van der Waals surface area contributed by atoms with Crippen LogP contribution in [-0.2, 0) is 5.75 Å². The topological polar surface area (TPSA) is 64.9 Å². The predicted molar refractivity (Wildman–Crippen MR) is 88.7 cm³/mol. The normalized spacial score (nSPS) is 13.5. The van der Waals surface area contributed by atoms with Crippen molar-refractivity contribution >= 4 is 24.2 Å². The van der Waals surface area contributed by atoms with E-state index in [0.717, 1.165) is 12.2 Å². The van der Waals surface area contributed by atoms with Gasteiger partial charge in [-0.15, -0.1) is 22.6 Å². The number of halogens is 1. The Kier molecular flexibility index (Phi) is 7.22. The SMILES string of the molecule is CCC(C)[C@H](N)c1nnc(SCc2ccc(C)cc2)o1.Cl. The Morgan fingerprint density at radius 2 is 1.90 bits per heavy atom. The molecular formula is C15H22ClN3OS. The van der Waals surface area contributed by atoms with Crippen LogP contribution in [-0.4, -0.2) is 10.2 Å². The molecule has 2 aromatic rings. The van der Waals surface area contributed by atoms with Gasteiger partial charge in [-0.25, -0.2) is 0 Å². The summed E-state index contributed by atoms with van der Waals surface area (Å²) in [5.41, 5.74) is 8.59. The van der Waals surface area contributed by atoms with Crippen LogP contribution in [0, 0.1) is 12.8 Å². The molecule has 21 heavy (non-hydrogen) atoms. The van der Waals surface area contributed by atoms with E-state index >= 15 is 0 Å². The molecule has 0 saturated carbocycles. The van der Waals surface area contributed by atoms with E-state index in [1.807, 2.05) is 0 Å². The molecule has 0 spiro atoms. The number of benzene rings is 1. The van der Waals surface area contributed by atoms with E-state index in [1.54, 1.807) is 11.8 Å². The summed E-state index contributed by atoms with van der Waals surface area (Å²) in [4.78, 5) is 0. The minimum Gasteiger partial charge on any atom is -0.414 e. The molecule has 2 rings (SSSR count). The van der Waals surface area contributed by atoms with E-state index in [-0.39, 0.29) is 18.4 Å². The van der Waals surface area contributed by atoms with Crippen molar-refractivity contribution in [2.45, 2.75) is 44.2 Å². The highest BCUT2D eigenvalue weighted by Gasteiger charge is 2.19. The van der Waals surface area contributed by atoms with Crippen molar-refractivity contribution in [1.29, 1.82) is 0 Å². The van der Waals surface area contributed by atoms with Gasteiger partial charge in [0, 0.05) is 5.75 Å². The van der Waals surface area contributed by atoms with Gasteiger partial charge in [0.05, 0.1) is 6.04 Å². The lowest BCUT2D eigenvalue weighted by atomic mass is 10.0. The average Bonchev–Trinajstić information content (AvgIpc) is 2.94. The molecule has 2 N–H and O–H groups in total. The lowest BCUT2D eigenvalue weighted by molar-refractivity contribution is 0.333. The Morgan fingerprint density at radius 3 is 2.52 bits per heavy atom. The number of rotatable bonds is 6. The van der Waals surface area contributed by atoms with Crippen LogP contribution in [0.25, 0.3) is 0 Å². The molecular weight excluding hydrogens is 306 g/mol. The molecule has 0 bridgehead atoms. The minimum absolute atomic E-state index is 0. The quantitative estimate of drug-likeness (QED) is 0.808. The van der Waals surface area contributed by atoms with E-state index in [1.165, 1.54) is 11.1 Å². The summed E-state index contributed by atoms with van der Waals surface area (Å²) in [6.45, 7) is 6.28. The summed E-state index contributed by atoms with van der Waals surface area (Å²) in [6, 6.07) is 8.26. The van der Waals surface area contributed by atoms with E-state index in [2.05, 4.69) is 55.2 Å². The number of aryl methyl sites for hydroxylation is 1. The van der Waals surface area contributed by atoms with Crippen LogP contribution in [0.15, 0.2) is 33.9 Å². The highest BCUT2D eigenvalue weighted by molar-refractivity contribution is 7.98. The van der Waals surface area contributed by atoms with Crippen LogP contribution in [0.4, 0.5) is 0 Å². The Balaban J connectivity index is 0.00000220. The summed E-state index contributed by atoms with van der Waals surface area (Å²) in [6.07, 6.45) is 0.995. The second kappa shape index (κ2) is 8.41. The summed E-state index contributed by atoms with van der Waals surface area (Å²) in [5, 5.41) is 8.68. The number of thioether (sulfide) groups is 1. The summed E-state index contributed by atoms with van der Waals surface area (Å²) in [5.74, 6) is 1.69. The zero-order chi connectivity index (χ0) is 14.5. The smallest absolute Gasteiger partial charge is 0.276 e. The first kappa shape index (κ1) is 18.0. The molecule has 2 atom stereocenters. The number of aromatic nitrogens is 2. The van der Waals surface area contributed by atoms with Gasteiger partial charge >= 0.3 is 0 Å². The number of nitrogens with zero attached hydrogens (tertiary/aromatic N) is 2. The van der Waals surface area contributed by atoms with Crippen molar-refractivity contribution in [2.24, 2.45) is 11.7 Å². The zero-order valence-corrected chi connectivity index (χ0v) is 14.2. The van der Waals surface area contributed by atoms with Crippen molar-refractivity contribution in [3.05, 3.63) is 41.3 Å². The first-order chi connectivity index (χ1) is 9.60. The molecule has 6 heteroatoms. The van der Waals surface area contributed by atoms with Crippen LogP contribution >= 0.6 is 24.2 Å². The molecule has 0 fully saturated rings. The van der Waals surface area contributed by atoms with E-state index in [4.69, 9.17) is 10.2 Å². The predicted octanol–water partition coefficient (Wildman–Crippen LogP) is 4.14. The maximum atomic E-state index is 6.08. The average molecular weight is 328 g/mol. The molecule has 0 aliphatic carbocycles. The lowest BCUT2D eigenvalue weighted by Crippen LogP contribution is -2.18. The van der Waals surface area contributed by atoms with E-state index < -0.39 is 0 Å². The van der Waals surface area contributed by atoms with Crippen LogP contribution in [0.5, 0.6) is 0 Å². The largest absolute Gasteiger partial charge is 0.414 e. The molecule has 0 radical (unpaired) electrons. The maximum absolute atomic E-state index is 6.08. The van der Waals surface area contributed by atoms with Gasteiger partial charge in [-0.2, -0.15) is 0 Å². The molecule has 1 unspecified atom stereocenters. The van der Waals surface area contributed by atoms with Gasteiger partial charge in [0.2, 0.25) is 5.89 Å². The minimum atomic E-state index is -0.179. The molecule has 116 valence electrons. The summed E-state index contributed by atoms with van der Waals surface area (Å²) in [7, 11) is 0. The van der Waals surface area contributed by atoms with Crippen LogP contribution in [0.1, 0.15) is 43.3 Å². The standard InChI is InChI=1S/C15H21N3OS.ClH/c1-4-11(3)13(16)14-17-18-15(19-14)20-9-12-7-5-10(2)6-8-12;/h5-8,11,13H,4,9,16H2,1-3H3;1H/t11?,13-;/m0./s1. The van der Waals surface area contributed by atoms with Gasteiger partial charge in [-0.3, -0.25) is 0 Å². The van der Waals surface area contributed by atoms with Crippen molar-refractivity contribution in [3.63, 3.8) is 0 Å². The van der Waals surface area contributed by atoms with Gasteiger partial charge in [0.15, 0.2) is 0 Å². The fourth-order valence-electron chi connectivity index (χ4n) is 1.74. The Morgan fingerprint density at radius 1 is 1.24 bits per heavy atom. The third kappa shape index (κ3) is 5.02. The first-order valence-electron chi connectivity index (χ1n) is 6.87. The monoisotopic (exact) mass is 327 g/mol. The maximum Gasteiger partial charge on any atom is 0.276 e. The van der Waals surface area contributed by atoms with Crippen LogP contribution in [0.2, 0.25) is 0 Å². The second-order valence-corrected chi connectivity index (χ2v) is 6.02. The molecule has 1 aromatic heterocycles. The zero-order valence-electron chi connectivity index (χ0n) is 12.6. The van der Waals surface area contributed by atoms with E-state index in [9.17, 15) is 0 Å². The summed E-state index contributed by atoms with van der Waals surface area (Å²) < 4.78 is 5.63. The van der Waals surface area contributed by atoms with Crippen molar-refractivity contribution in [1.82, 2.24) is 10.2 Å². The molecule has 0 saturated heterocycles. The van der Waals surface area contributed by atoms with E-state index in [0.29, 0.717) is 17.0 Å². The Bertz CT molecular complexity index is 544. The van der Waals surface area contributed by atoms with Gasteiger partial charge in [0.25, 0.3) is 5.22 Å². The third-order valence-electron chi connectivity index (χ3n) is 3.45. The van der Waals surface area contributed by atoms with Crippen molar-refractivity contribution in [2.75, 3.05) is 0 Å². The van der Waals surface area contributed by atoms with Gasteiger partial charge in [-0.1, -0.05) is 61.9 Å². The highest BCUT2D eigenvalue weighted by atomic mass is 35.5. The highest BCUT2D eigenvalue weighted by Crippen LogP contribution is 2.26. The fraction of sp³-hybridized carbons (Fsp3) is 0.467. The van der Waals surface area contributed by atoms with Crippen LogP contribution in [0.3, 0.4) is 0 Å². The molecule has 4 nitrogen and oxygen atoms in total. The number of hydrogen-bond acceptors (Lipinski definition) is 5. The van der Waals surface area contributed by atoms with Crippen molar-refractivity contribution < 1.29 is 4.42 Å². The fourth-order valence-corrected chi connectivity index (χ4v) is 2.47. The van der Waals surface area contributed by atoms with Crippen molar-refractivity contribution in [3.8, 4) is 0 Å². The molecule has 1 heterocycles. The number of nitrogens with two attached hydrogens (primary N) is 1. The second-order valence-electron chi connectivity index (χ2n) is 5.09. The number of hydrogen-bond donors (Lipinski definition) is 1. The molecule has 0 aliphatic rings. The third-order valence-corrected chi connectivity index (χ3v) is 4.34. The van der Waals surface area contributed by atoms with Gasteiger partial charge in [-0.05, 0) is 18.4 Å². The van der Waals surface area contributed by atoms with Gasteiger partial charge in [0.1, 0.15) is 0 Å². The lowest BCUT2D eigenvalue weighted by Gasteiger charge is -2.13. The molecule has 0 aliphatic heterocycles. The van der Waals surface area contributed by atoms with Crippen LogP contribution < -0.4 is 5.73 Å². The molecule has 0 amide bonds. The first-order valence-corrected chi connectivity index (χ1v) is 7.86. The Hall–Kier alpha value is -1.04.